The number of hydrogen-bond acceptors (Lipinski definition) is 3. The van der Waals surface area contributed by atoms with Crippen LogP contribution in [-0.2, 0) is 13.1 Å². The topological polar surface area (TPSA) is 33.1 Å². The number of aryl methyl sites for hydroxylation is 1. The average molecular weight is 244 g/mol. The Labute approximate surface area is 108 Å². The first-order valence-corrected chi connectivity index (χ1v) is 6.21. The molecular weight excluding hydrogens is 224 g/mol. The highest BCUT2D eigenvalue weighted by Gasteiger charge is 2.01. The third-order valence-corrected chi connectivity index (χ3v) is 2.98. The zero-order valence-corrected chi connectivity index (χ0v) is 11.2. The molecule has 1 heterocycles. The normalized spacial score (nSPS) is 10.4. The minimum Gasteiger partial charge on any atom is -0.379 e. The van der Waals surface area contributed by atoms with Crippen LogP contribution in [0.3, 0.4) is 0 Å². The van der Waals surface area contributed by atoms with Crippen molar-refractivity contribution >= 4 is 11.4 Å². The van der Waals surface area contributed by atoms with Gasteiger partial charge in [-0.25, -0.2) is 4.98 Å². The molecule has 4 nitrogen and oxygen atoms in total. The second-order valence-electron chi connectivity index (χ2n) is 4.47. The maximum Gasteiger partial charge on any atom is 0.0948 e. The lowest BCUT2D eigenvalue weighted by Gasteiger charge is -2.14. The zero-order valence-electron chi connectivity index (χ0n) is 11.2. The minimum atomic E-state index is 0.796. The Morgan fingerprint density at radius 1 is 1.33 bits per heavy atom. The summed E-state index contributed by atoms with van der Waals surface area (Å²) in [6.07, 6.45) is 3.78. The number of nitrogens with one attached hydrogen (secondary N) is 1. The van der Waals surface area contributed by atoms with Crippen LogP contribution in [0.2, 0.25) is 0 Å². The van der Waals surface area contributed by atoms with Gasteiger partial charge in [0.2, 0.25) is 0 Å². The van der Waals surface area contributed by atoms with Crippen LogP contribution in [0.5, 0.6) is 0 Å². The van der Waals surface area contributed by atoms with E-state index >= 15 is 0 Å². The highest BCUT2D eigenvalue weighted by Crippen LogP contribution is 2.17. The van der Waals surface area contributed by atoms with Crippen molar-refractivity contribution in [2.24, 2.45) is 0 Å². The van der Waals surface area contributed by atoms with Crippen LogP contribution in [0, 0.1) is 0 Å². The van der Waals surface area contributed by atoms with Gasteiger partial charge in [-0.1, -0.05) is 6.07 Å². The van der Waals surface area contributed by atoms with Gasteiger partial charge < -0.3 is 14.8 Å². The van der Waals surface area contributed by atoms with E-state index in [2.05, 4.69) is 51.0 Å². The number of benzene rings is 1. The molecule has 0 aliphatic rings. The van der Waals surface area contributed by atoms with Gasteiger partial charge in [-0.2, -0.15) is 0 Å². The van der Waals surface area contributed by atoms with Gasteiger partial charge in [0.1, 0.15) is 0 Å². The SMILES string of the molecule is CCn1cncc1CNc1cccc(N(C)C)c1. The molecule has 4 heteroatoms. The summed E-state index contributed by atoms with van der Waals surface area (Å²) in [4.78, 5) is 6.26. The van der Waals surface area contributed by atoms with Crippen LogP contribution in [0.4, 0.5) is 11.4 Å². The van der Waals surface area contributed by atoms with E-state index in [1.165, 1.54) is 11.4 Å². The van der Waals surface area contributed by atoms with Crippen molar-refractivity contribution in [1.82, 2.24) is 9.55 Å². The fourth-order valence-electron chi connectivity index (χ4n) is 1.87. The lowest BCUT2D eigenvalue weighted by molar-refractivity contribution is 0.719. The van der Waals surface area contributed by atoms with E-state index in [1.807, 2.05) is 26.6 Å². The molecule has 2 aromatic rings. The lowest BCUT2D eigenvalue weighted by atomic mass is 10.2. The Bertz CT molecular complexity index is 502. The maximum atomic E-state index is 4.17. The lowest BCUT2D eigenvalue weighted by Crippen LogP contribution is -2.09. The van der Waals surface area contributed by atoms with Crippen LogP contribution in [0.15, 0.2) is 36.8 Å². The summed E-state index contributed by atoms with van der Waals surface area (Å²) >= 11 is 0. The minimum absolute atomic E-state index is 0.796. The third-order valence-electron chi connectivity index (χ3n) is 2.98. The molecule has 0 saturated carbocycles. The highest BCUT2D eigenvalue weighted by molar-refractivity contribution is 5.57. The van der Waals surface area contributed by atoms with Crippen molar-refractivity contribution in [3.63, 3.8) is 0 Å². The van der Waals surface area contributed by atoms with E-state index in [0.29, 0.717) is 0 Å². The van der Waals surface area contributed by atoms with E-state index in [0.717, 1.165) is 18.8 Å². The molecule has 0 spiro atoms. The fraction of sp³-hybridized carbons (Fsp3) is 0.357. The standard InChI is InChI=1S/C14H20N4/c1-4-18-11-15-9-14(18)10-16-12-6-5-7-13(8-12)17(2)3/h5-9,11,16H,4,10H2,1-3H3. The Balaban J connectivity index is 2.04. The highest BCUT2D eigenvalue weighted by atomic mass is 15.1. The van der Waals surface area contributed by atoms with E-state index in [9.17, 15) is 0 Å². The average Bonchev–Trinajstić information content (AvgIpc) is 2.84. The summed E-state index contributed by atoms with van der Waals surface area (Å²) in [5.74, 6) is 0. The van der Waals surface area contributed by atoms with E-state index in [-0.39, 0.29) is 0 Å². The molecule has 96 valence electrons. The van der Waals surface area contributed by atoms with Gasteiger partial charge >= 0.3 is 0 Å². The van der Waals surface area contributed by atoms with Crippen LogP contribution in [0.1, 0.15) is 12.6 Å². The van der Waals surface area contributed by atoms with Crippen molar-refractivity contribution < 1.29 is 0 Å². The summed E-state index contributed by atoms with van der Waals surface area (Å²) in [6, 6.07) is 8.39. The third kappa shape index (κ3) is 2.83. The molecule has 18 heavy (non-hydrogen) atoms. The van der Waals surface area contributed by atoms with E-state index in [1.54, 1.807) is 0 Å². The van der Waals surface area contributed by atoms with Gasteiger partial charge in [-0.05, 0) is 25.1 Å². The summed E-state index contributed by atoms with van der Waals surface area (Å²) in [5.41, 5.74) is 3.53. The van der Waals surface area contributed by atoms with Crippen molar-refractivity contribution in [2.75, 3.05) is 24.3 Å². The molecular formula is C14H20N4. The monoisotopic (exact) mass is 244 g/mol. The summed E-state index contributed by atoms with van der Waals surface area (Å²) in [6.45, 7) is 3.87. The van der Waals surface area contributed by atoms with Crippen molar-refractivity contribution in [3.8, 4) is 0 Å². The molecule has 2 rings (SSSR count). The second kappa shape index (κ2) is 5.58. The Morgan fingerprint density at radius 3 is 2.89 bits per heavy atom. The molecule has 0 atom stereocenters. The quantitative estimate of drug-likeness (QED) is 0.877. The molecule has 0 fully saturated rings. The number of imidazole rings is 1. The molecule has 0 aliphatic carbocycles. The van der Waals surface area contributed by atoms with Gasteiger partial charge in [0.15, 0.2) is 0 Å². The van der Waals surface area contributed by atoms with Crippen molar-refractivity contribution in [2.45, 2.75) is 20.0 Å². The molecule has 0 unspecified atom stereocenters. The number of aromatic nitrogens is 2. The zero-order chi connectivity index (χ0) is 13.0. The predicted molar refractivity (Wildman–Crippen MR) is 76.0 cm³/mol. The molecule has 0 aliphatic heterocycles. The van der Waals surface area contributed by atoms with Crippen LogP contribution >= 0.6 is 0 Å². The Morgan fingerprint density at radius 2 is 2.17 bits per heavy atom. The van der Waals surface area contributed by atoms with Gasteiger partial charge in [-0.15, -0.1) is 0 Å². The summed E-state index contributed by atoms with van der Waals surface area (Å²) in [7, 11) is 4.09. The predicted octanol–water partition coefficient (Wildman–Crippen LogP) is 2.58. The second-order valence-corrected chi connectivity index (χ2v) is 4.47. The van der Waals surface area contributed by atoms with Gasteiger partial charge in [0, 0.05) is 38.2 Å². The molecule has 1 aromatic carbocycles. The first-order chi connectivity index (χ1) is 8.70. The molecule has 0 bridgehead atoms. The van der Waals surface area contributed by atoms with Crippen LogP contribution in [0.25, 0.3) is 0 Å². The van der Waals surface area contributed by atoms with Crippen LogP contribution in [-0.4, -0.2) is 23.6 Å². The van der Waals surface area contributed by atoms with Gasteiger partial charge in [0.05, 0.1) is 18.6 Å². The summed E-state index contributed by atoms with van der Waals surface area (Å²) in [5, 5.41) is 3.43. The Hall–Kier alpha value is -1.97. The molecule has 1 N–H and O–H groups in total. The number of hydrogen-bond donors (Lipinski definition) is 1. The first-order valence-electron chi connectivity index (χ1n) is 6.21. The smallest absolute Gasteiger partial charge is 0.0948 e. The van der Waals surface area contributed by atoms with Gasteiger partial charge in [0.25, 0.3) is 0 Å². The largest absolute Gasteiger partial charge is 0.379 e. The number of nitrogens with zero attached hydrogens (tertiary/aromatic N) is 3. The molecule has 1 aromatic heterocycles. The van der Waals surface area contributed by atoms with E-state index < -0.39 is 0 Å². The fourth-order valence-corrected chi connectivity index (χ4v) is 1.87. The van der Waals surface area contributed by atoms with E-state index in [4.69, 9.17) is 0 Å². The Kier molecular flexibility index (Phi) is 3.87. The summed E-state index contributed by atoms with van der Waals surface area (Å²) < 4.78 is 2.14. The van der Waals surface area contributed by atoms with Gasteiger partial charge in [-0.3, -0.25) is 0 Å². The first kappa shape index (κ1) is 12.5. The number of anilines is 2. The molecule has 0 saturated heterocycles. The molecule has 0 amide bonds. The van der Waals surface area contributed by atoms with Crippen molar-refractivity contribution in [3.05, 3.63) is 42.5 Å². The van der Waals surface area contributed by atoms with Crippen LogP contribution < -0.4 is 10.2 Å². The molecule has 0 radical (unpaired) electrons. The maximum absolute atomic E-state index is 4.17. The number of rotatable bonds is 5. The van der Waals surface area contributed by atoms with Crippen molar-refractivity contribution in [1.29, 1.82) is 0 Å².